The highest BCUT2D eigenvalue weighted by Crippen LogP contribution is 2.24. The second kappa shape index (κ2) is 4.79. The number of aryl methyl sites for hydroxylation is 1. The molecule has 0 unspecified atom stereocenters. The Bertz CT molecular complexity index is 334. The van der Waals surface area contributed by atoms with E-state index in [1.54, 1.807) is 6.07 Å². The molecule has 0 saturated carbocycles. The Morgan fingerprint density at radius 3 is 2.73 bits per heavy atom. The fourth-order valence-electron chi connectivity index (χ4n) is 1.82. The number of thioether (sulfide) groups is 1. The highest BCUT2D eigenvalue weighted by molar-refractivity contribution is 7.99. The zero-order chi connectivity index (χ0) is 10.7. The largest absolute Gasteiger partial charge is 0.508 e. The first-order chi connectivity index (χ1) is 7.25. The minimum atomic E-state index is 0.375. The SMILES string of the molecule is Cc1cc(NC2CCSCC2)ccc1O. The molecule has 0 radical (unpaired) electrons. The summed E-state index contributed by atoms with van der Waals surface area (Å²) >= 11 is 2.03. The van der Waals surface area contributed by atoms with E-state index in [4.69, 9.17) is 0 Å². The van der Waals surface area contributed by atoms with Crippen LogP contribution in [0.2, 0.25) is 0 Å². The van der Waals surface area contributed by atoms with E-state index < -0.39 is 0 Å². The van der Waals surface area contributed by atoms with E-state index in [1.165, 1.54) is 24.3 Å². The minimum Gasteiger partial charge on any atom is -0.508 e. The molecule has 1 saturated heterocycles. The summed E-state index contributed by atoms with van der Waals surface area (Å²) in [5.41, 5.74) is 2.06. The van der Waals surface area contributed by atoms with Crippen LogP contribution in [0.4, 0.5) is 5.69 Å². The molecule has 2 rings (SSSR count). The quantitative estimate of drug-likeness (QED) is 0.756. The van der Waals surface area contributed by atoms with Crippen LogP contribution in [0.3, 0.4) is 0 Å². The van der Waals surface area contributed by atoms with Crippen molar-refractivity contribution in [2.75, 3.05) is 16.8 Å². The standard InChI is InChI=1S/C12H17NOS/c1-9-8-11(2-3-12(9)14)13-10-4-6-15-7-5-10/h2-3,8,10,13-14H,4-7H2,1H3. The first-order valence-corrected chi connectivity index (χ1v) is 6.55. The summed E-state index contributed by atoms with van der Waals surface area (Å²) in [5.74, 6) is 2.89. The van der Waals surface area contributed by atoms with Crippen LogP contribution in [0.25, 0.3) is 0 Å². The lowest BCUT2D eigenvalue weighted by atomic mass is 10.1. The molecule has 1 aromatic carbocycles. The molecule has 1 aliphatic heterocycles. The summed E-state index contributed by atoms with van der Waals surface area (Å²) in [5, 5.41) is 12.9. The maximum atomic E-state index is 9.42. The van der Waals surface area contributed by atoms with Gasteiger partial charge in [-0.15, -0.1) is 0 Å². The third kappa shape index (κ3) is 2.81. The number of rotatable bonds is 2. The molecule has 1 heterocycles. The van der Waals surface area contributed by atoms with Crippen molar-refractivity contribution in [3.8, 4) is 5.75 Å². The number of anilines is 1. The van der Waals surface area contributed by atoms with Gasteiger partial charge in [0.05, 0.1) is 0 Å². The lowest BCUT2D eigenvalue weighted by Gasteiger charge is -2.23. The number of hydrogen-bond acceptors (Lipinski definition) is 3. The molecular formula is C12H17NOS. The molecule has 2 nitrogen and oxygen atoms in total. The van der Waals surface area contributed by atoms with Gasteiger partial charge < -0.3 is 10.4 Å². The molecule has 2 N–H and O–H groups in total. The van der Waals surface area contributed by atoms with Crippen molar-refractivity contribution in [1.29, 1.82) is 0 Å². The highest BCUT2D eigenvalue weighted by Gasteiger charge is 2.13. The van der Waals surface area contributed by atoms with Crippen molar-refractivity contribution >= 4 is 17.4 Å². The molecule has 1 fully saturated rings. The summed E-state index contributed by atoms with van der Waals surface area (Å²) in [4.78, 5) is 0. The van der Waals surface area contributed by atoms with E-state index in [0.717, 1.165) is 11.3 Å². The molecular weight excluding hydrogens is 206 g/mol. The minimum absolute atomic E-state index is 0.375. The number of hydrogen-bond donors (Lipinski definition) is 2. The molecule has 1 aromatic rings. The second-order valence-corrected chi connectivity index (χ2v) is 5.26. The molecule has 3 heteroatoms. The van der Waals surface area contributed by atoms with Crippen LogP contribution in [0.1, 0.15) is 18.4 Å². The van der Waals surface area contributed by atoms with Crippen molar-refractivity contribution < 1.29 is 5.11 Å². The van der Waals surface area contributed by atoms with Crippen LogP contribution < -0.4 is 5.32 Å². The molecule has 0 aliphatic carbocycles. The Kier molecular flexibility index (Phi) is 3.41. The van der Waals surface area contributed by atoms with Crippen LogP contribution in [-0.4, -0.2) is 22.7 Å². The zero-order valence-electron chi connectivity index (χ0n) is 8.99. The summed E-state index contributed by atoms with van der Waals surface area (Å²) in [6.45, 7) is 1.93. The third-order valence-corrected chi connectivity index (χ3v) is 3.84. The molecule has 0 atom stereocenters. The Morgan fingerprint density at radius 1 is 1.33 bits per heavy atom. The first-order valence-electron chi connectivity index (χ1n) is 5.39. The smallest absolute Gasteiger partial charge is 0.118 e. The predicted molar refractivity (Wildman–Crippen MR) is 66.8 cm³/mol. The van der Waals surface area contributed by atoms with Crippen LogP contribution in [0, 0.1) is 6.92 Å². The van der Waals surface area contributed by atoms with Gasteiger partial charge in [-0.25, -0.2) is 0 Å². The lowest BCUT2D eigenvalue weighted by molar-refractivity contribution is 0.471. The normalized spacial score (nSPS) is 17.7. The van der Waals surface area contributed by atoms with Gasteiger partial charge >= 0.3 is 0 Å². The highest BCUT2D eigenvalue weighted by atomic mass is 32.2. The molecule has 82 valence electrons. The van der Waals surface area contributed by atoms with Gasteiger partial charge in [-0.1, -0.05) is 0 Å². The van der Waals surface area contributed by atoms with Crippen LogP contribution in [-0.2, 0) is 0 Å². The van der Waals surface area contributed by atoms with Gasteiger partial charge in [-0.3, -0.25) is 0 Å². The van der Waals surface area contributed by atoms with E-state index in [-0.39, 0.29) is 0 Å². The third-order valence-electron chi connectivity index (χ3n) is 2.79. The zero-order valence-corrected chi connectivity index (χ0v) is 9.81. The van der Waals surface area contributed by atoms with Gasteiger partial charge in [-0.05, 0) is 55.0 Å². The lowest BCUT2D eigenvalue weighted by Crippen LogP contribution is -2.24. The average molecular weight is 223 g/mol. The summed E-state index contributed by atoms with van der Waals surface area (Å²) in [6.07, 6.45) is 2.48. The number of phenolic OH excluding ortho intramolecular Hbond substituents is 1. The van der Waals surface area contributed by atoms with Gasteiger partial charge in [0, 0.05) is 11.7 Å². The predicted octanol–water partition coefficient (Wildman–Crippen LogP) is 3.01. The Balaban J connectivity index is 2.00. The van der Waals surface area contributed by atoms with Crippen molar-refractivity contribution in [3.63, 3.8) is 0 Å². The van der Waals surface area contributed by atoms with Crippen LogP contribution in [0.5, 0.6) is 5.75 Å². The van der Waals surface area contributed by atoms with E-state index in [0.29, 0.717) is 11.8 Å². The number of nitrogens with one attached hydrogen (secondary N) is 1. The van der Waals surface area contributed by atoms with Crippen molar-refractivity contribution in [2.24, 2.45) is 0 Å². The van der Waals surface area contributed by atoms with Crippen LogP contribution >= 0.6 is 11.8 Å². The molecule has 0 amide bonds. The van der Waals surface area contributed by atoms with E-state index in [9.17, 15) is 5.11 Å². The van der Waals surface area contributed by atoms with Crippen molar-refractivity contribution in [1.82, 2.24) is 0 Å². The Morgan fingerprint density at radius 2 is 2.07 bits per heavy atom. The summed E-state index contributed by atoms with van der Waals surface area (Å²) in [6, 6.07) is 6.33. The summed E-state index contributed by atoms with van der Waals surface area (Å²) < 4.78 is 0. The Labute approximate surface area is 95.1 Å². The fraction of sp³-hybridized carbons (Fsp3) is 0.500. The van der Waals surface area contributed by atoms with Gasteiger partial charge in [-0.2, -0.15) is 11.8 Å². The number of phenols is 1. The van der Waals surface area contributed by atoms with Crippen molar-refractivity contribution in [3.05, 3.63) is 23.8 Å². The molecule has 1 aliphatic rings. The number of aromatic hydroxyl groups is 1. The fourth-order valence-corrected chi connectivity index (χ4v) is 2.93. The summed E-state index contributed by atoms with van der Waals surface area (Å²) in [7, 11) is 0. The second-order valence-electron chi connectivity index (χ2n) is 4.03. The van der Waals surface area contributed by atoms with Gasteiger partial charge in [0.2, 0.25) is 0 Å². The van der Waals surface area contributed by atoms with Gasteiger partial charge in [0.15, 0.2) is 0 Å². The first kappa shape index (κ1) is 10.7. The maximum absolute atomic E-state index is 9.42. The Hall–Kier alpha value is -0.830. The average Bonchev–Trinajstić information content (AvgIpc) is 2.25. The van der Waals surface area contributed by atoms with Gasteiger partial charge in [0.1, 0.15) is 5.75 Å². The number of benzene rings is 1. The molecule has 0 spiro atoms. The van der Waals surface area contributed by atoms with E-state index in [2.05, 4.69) is 5.32 Å². The molecule has 0 aromatic heterocycles. The monoisotopic (exact) mass is 223 g/mol. The van der Waals surface area contributed by atoms with E-state index in [1.807, 2.05) is 30.8 Å². The topological polar surface area (TPSA) is 32.3 Å². The van der Waals surface area contributed by atoms with Gasteiger partial charge in [0.25, 0.3) is 0 Å². The maximum Gasteiger partial charge on any atom is 0.118 e. The molecule has 0 bridgehead atoms. The molecule has 15 heavy (non-hydrogen) atoms. The van der Waals surface area contributed by atoms with Crippen LogP contribution in [0.15, 0.2) is 18.2 Å². The van der Waals surface area contributed by atoms with Crippen molar-refractivity contribution in [2.45, 2.75) is 25.8 Å². The van der Waals surface area contributed by atoms with E-state index >= 15 is 0 Å².